The summed E-state index contributed by atoms with van der Waals surface area (Å²) in [6.45, 7) is 3.19. The summed E-state index contributed by atoms with van der Waals surface area (Å²) >= 11 is 6.02. The highest BCUT2D eigenvalue weighted by Gasteiger charge is 2.32. The maximum atomic E-state index is 13.1. The number of halogens is 2. The largest absolute Gasteiger partial charge is 0.495 e. The van der Waals surface area contributed by atoms with Crippen LogP contribution in [-0.4, -0.2) is 33.7 Å². The highest BCUT2D eigenvalue weighted by Crippen LogP contribution is 2.34. The lowest BCUT2D eigenvalue weighted by Crippen LogP contribution is -2.48. The van der Waals surface area contributed by atoms with Gasteiger partial charge in [0.15, 0.2) is 0 Å². The van der Waals surface area contributed by atoms with Gasteiger partial charge in [0.25, 0.3) is 0 Å². The molecule has 0 saturated carbocycles. The highest BCUT2D eigenvalue weighted by molar-refractivity contribution is 7.92. The van der Waals surface area contributed by atoms with Gasteiger partial charge in [0, 0.05) is 5.02 Å². The molecular weight excluding hydrogens is 407 g/mol. The van der Waals surface area contributed by atoms with Crippen LogP contribution in [0, 0.1) is 5.82 Å². The molecule has 1 amide bonds. The van der Waals surface area contributed by atoms with Crippen LogP contribution >= 0.6 is 11.6 Å². The van der Waals surface area contributed by atoms with Crippen LogP contribution in [0.2, 0.25) is 5.02 Å². The average Bonchev–Trinajstić information content (AvgIpc) is 2.61. The number of hydrogen-bond acceptors (Lipinski definition) is 4. The Kier molecular flexibility index (Phi) is 6.90. The van der Waals surface area contributed by atoms with Crippen molar-refractivity contribution in [2.24, 2.45) is 0 Å². The maximum absolute atomic E-state index is 13.1. The standard InChI is InChI=1S/C19H22ClFN2O4S/c1-12(14-5-8-16(21)9-6-14)22-19(24)13(2)23(28(4,25)26)17-11-15(20)7-10-18(17)27-3/h5-13H,1-4H3,(H,22,24)/t12-,13+/m1/s1. The van der Waals surface area contributed by atoms with Crippen molar-refractivity contribution < 1.29 is 22.3 Å². The summed E-state index contributed by atoms with van der Waals surface area (Å²) in [7, 11) is -2.44. The lowest BCUT2D eigenvalue weighted by atomic mass is 10.1. The highest BCUT2D eigenvalue weighted by atomic mass is 35.5. The Balaban J connectivity index is 2.33. The summed E-state index contributed by atoms with van der Waals surface area (Å²) in [4.78, 5) is 12.8. The van der Waals surface area contributed by atoms with Gasteiger partial charge in [-0.3, -0.25) is 9.10 Å². The molecule has 0 unspecified atom stereocenters. The molecule has 1 N–H and O–H groups in total. The number of rotatable bonds is 7. The van der Waals surface area contributed by atoms with Crippen LogP contribution in [0.4, 0.5) is 10.1 Å². The van der Waals surface area contributed by atoms with Gasteiger partial charge in [-0.25, -0.2) is 12.8 Å². The fourth-order valence-corrected chi connectivity index (χ4v) is 4.12. The number of methoxy groups -OCH3 is 1. The number of ether oxygens (including phenoxy) is 1. The summed E-state index contributed by atoms with van der Waals surface area (Å²) in [5.74, 6) is -0.641. The molecule has 0 aliphatic rings. The van der Waals surface area contributed by atoms with E-state index in [4.69, 9.17) is 16.3 Å². The van der Waals surface area contributed by atoms with Gasteiger partial charge in [-0.2, -0.15) is 0 Å². The molecule has 28 heavy (non-hydrogen) atoms. The van der Waals surface area contributed by atoms with Crippen molar-refractivity contribution in [3.8, 4) is 5.75 Å². The zero-order valence-corrected chi connectivity index (χ0v) is 17.5. The maximum Gasteiger partial charge on any atom is 0.244 e. The lowest BCUT2D eigenvalue weighted by Gasteiger charge is -2.30. The van der Waals surface area contributed by atoms with Gasteiger partial charge in [-0.15, -0.1) is 0 Å². The number of nitrogens with one attached hydrogen (secondary N) is 1. The molecule has 0 radical (unpaired) electrons. The van der Waals surface area contributed by atoms with E-state index in [9.17, 15) is 17.6 Å². The Hall–Kier alpha value is -2.32. The van der Waals surface area contributed by atoms with Gasteiger partial charge in [-0.05, 0) is 49.7 Å². The lowest BCUT2D eigenvalue weighted by molar-refractivity contribution is -0.122. The predicted octanol–water partition coefficient (Wildman–Crippen LogP) is 3.52. The Morgan fingerprint density at radius 3 is 2.32 bits per heavy atom. The third-order valence-electron chi connectivity index (χ3n) is 4.20. The average molecular weight is 429 g/mol. The summed E-state index contributed by atoms with van der Waals surface area (Å²) in [6.07, 6.45) is 1.00. The fourth-order valence-electron chi connectivity index (χ4n) is 2.79. The van der Waals surface area contributed by atoms with Crippen molar-refractivity contribution in [3.05, 3.63) is 58.9 Å². The second-order valence-corrected chi connectivity index (χ2v) is 8.63. The van der Waals surface area contributed by atoms with Gasteiger partial charge in [0.05, 0.1) is 25.1 Å². The number of amides is 1. The monoisotopic (exact) mass is 428 g/mol. The first kappa shape index (κ1) is 22.0. The van der Waals surface area contributed by atoms with Crippen LogP contribution in [0.25, 0.3) is 0 Å². The first-order valence-electron chi connectivity index (χ1n) is 8.43. The Bertz CT molecular complexity index is 951. The number of carbonyl (C=O) groups excluding carboxylic acids is 1. The molecule has 0 saturated heterocycles. The molecule has 0 bridgehead atoms. The fraction of sp³-hybridized carbons (Fsp3) is 0.316. The van der Waals surface area contributed by atoms with E-state index in [1.165, 1.54) is 38.3 Å². The van der Waals surface area contributed by atoms with Crippen molar-refractivity contribution in [1.82, 2.24) is 5.32 Å². The Labute approximate surface area is 169 Å². The zero-order valence-electron chi connectivity index (χ0n) is 15.9. The van der Waals surface area contributed by atoms with Crippen LogP contribution in [0.15, 0.2) is 42.5 Å². The van der Waals surface area contributed by atoms with Crippen LogP contribution in [0.1, 0.15) is 25.5 Å². The molecule has 0 aromatic heterocycles. The summed E-state index contributed by atoms with van der Waals surface area (Å²) < 4.78 is 44.2. The number of nitrogens with zero attached hydrogens (tertiary/aromatic N) is 1. The van der Waals surface area contributed by atoms with Crippen LogP contribution in [-0.2, 0) is 14.8 Å². The molecule has 2 atom stereocenters. The summed E-state index contributed by atoms with van der Waals surface area (Å²) in [5.41, 5.74) is 0.850. The first-order valence-corrected chi connectivity index (χ1v) is 10.7. The quantitative estimate of drug-likeness (QED) is 0.732. The molecule has 0 aliphatic carbocycles. The molecular formula is C19H22ClFN2O4S. The third kappa shape index (κ3) is 5.14. The number of sulfonamides is 1. The number of benzene rings is 2. The van der Waals surface area contributed by atoms with E-state index in [0.29, 0.717) is 10.6 Å². The summed E-state index contributed by atoms with van der Waals surface area (Å²) in [6, 6.07) is 8.69. The zero-order chi connectivity index (χ0) is 21.1. The minimum absolute atomic E-state index is 0.162. The molecule has 2 aromatic carbocycles. The molecule has 6 nitrogen and oxygen atoms in total. The van der Waals surface area contributed by atoms with E-state index in [-0.39, 0.29) is 17.3 Å². The molecule has 0 aliphatic heterocycles. The number of hydrogen-bond donors (Lipinski definition) is 1. The van der Waals surface area contributed by atoms with Crippen molar-refractivity contribution in [2.45, 2.75) is 25.9 Å². The summed E-state index contributed by atoms with van der Waals surface area (Å²) in [5, 5.41) is 3.05. The van der Waals surface area contributed by atoms with Crippen LogP contribution < -0.4 is 14.4 Å². The normalized spacial score (nSPS) is 13.5. The molecule has 0 heterocycles. The molecule has 0 fully saturated rings. The van der Waals surface area contributed by atoms with E-state index in [0.717, 1.165) is 10.6 Å². The molecule has 9 heteroatoms. The smallest absolute Gasteiger partial charge is 0.244 e. The minimum Gasteiger partial charge on any atom is -0.495 e. The third-order valence-corrected chi connectivity index (χ3v) is 5.66. The van der Waals surface area contributed by atoms with E-state index < -0.39 is 28.0 Å². The van der Waals surface area contributed by atoms with E-state index in [1.54, 1.807) is 25.1 Å². The Morgan fingerprint density at radius 1 is 1.18 bits per heavy atom. The number of carbonyl (C=O) groups is 1. The van der Waals surface area contributed by atoms with Gasteiger partial charge >= 0.3 is 0 Å². The van der Waals surface area contributed by atoms with Gasteiger partial charge in [0.1, 0.15) is 17.6 Å². The van der Waals surface area contributed by atoms with E-state index >= 15 is 0 Å². The molecule has 152 valence electrons. The van der Waals surface area contributed by atoms with Gasteiger partial charge in [0.2, 0.25) is 15.9 Å². The van der Waals surface area contributed by atoms with Crippen molar-refractivity contribution in [1.29, 1.82) is 0 Å². The van der Waals surface area contributed by atoms with Gasteiger partial charge < -0.3 is 10.1 Å². The number of anilines is 1. The molecule has 2 aromatic rings. The molecule has 0 spiro atoms. The second-order valence-electron chi connectivity index (χ2n) is 6.33. The van der Waals surface area contributed by atoms with Crippen molar-refractivity contribution in [2.75, 3.05) is 17.7 Å². The van der Waals surface area contributed by atoms with E-state index in [2.05, 4.69) is 5.32 Å². The minimum atomic E-state index is -3.83. The molecule has 2 rings (SSSR count). The first-order chi connectivity index (χ1) is 13.0. The van der Waals surface area contributed by atoms with E-state index in [1.807, 2.05) is 0 Å². The second kappa shape index (κ2) is 8.79. The van der Waals surface area contributed by atoms with Gasteiger partial charge in [-0.1, -0.05) is 23.7 Å². The SMILES string of the molecule is COc1ccc(Cl)cc1N([C@@H](C)C(=O)N[C@H](C)c1ccc(F)cc1)S(C)(=O)=O. The topological polar surface area (TPSA) is 75.7 Å². The Morgan fingerprint density at radius 2 is 1.79 bits per heavy atom. The van der Waals surface area contributed by atoms with Crippen molar-refractivity contribution in [3.63, 3.8) is 0 Å². The van der Waals surface area contributed by atoms with Crippen molar-refractivity contribution >= 4 is 33.2 Å². The predicted molar refractivity (Wildman–Crippen MR) is 108 cm³/mol. The van der Waals surface area contributed by atoms with Crippen LogP contribution in [0.5, 0.6) is 5.75 Å². The van der Waals surface area contributed by atoms with Crippen LogP contribution in [0.3, 0.4) is 0 Å².